The SMILES string of the molecule is CC.CC.Cc1ccc2ccc3c(C)cccc3c2c1. The maximum atomic E-state index is 2.27. The molecule has 0 saturated heterocycles. The van der Waals surface area contributed by atoms with Gasteiger partial charge in [-0.1, -0.05) is 81.8 Å². The van der Waals surface area contributed by atoms with E-state index in [1.807, 2.05) is 27.7 Å². The van der Waals surface area contributed by atoms with Crippen LogP contribution in [0.5, 0.6) is 0 Å². The van der Waals surface area contributed by atoms with Crippen LogP contribution in [0.2, 0.25) is 0 Å². The van der Waals surface area contributed by atoms with Gasteiger partial charge in [-0.15, -0.1) is 0 Å². The third kappa shape index (κ3) is 3.19. The number of hydrogen-bond donors (Lipinski definition) is 0. The molecule has 0 unspecified atom stereocenters. The van der Waals surface area contributed by atoms with Crippen LogP contribution < -0.4 is 0 Å². The minimum atomic E-state index is 1.32. The topological polar surface area (TPSA) is 0 Å². The molecule has 0 saturated carbocycles. The van der Waals surface area contributed by atoms with E-state index < -0.39 is 0 Å². The van der Waals surface area contributed by atoms with E-state index in [9.17, 15) is 0 Å². The molecule has 0 aliphatic carbocycles. The average molecular weight is 266 g/mol. The molecule has 0 aliphatic rings. The second kappa shape index (κ2) is 7.69. The van der Waals surface area contributed by atoms with Gasteiger partial charge in [-0.2, -0.15) is 0 Å². The molecule has 20 heavy (non-hydrogen) atoms. The smallest absolute Gasteiger partial charge is 0.0103 e. The highest BCUT2D eigenvalue weighted by molar-refractivity contribution is 6.08. The summed E-state index contributed by atoms with van der Waals surface area (Å²) < 4.78 is 0. The summed E-state index contributed by atoms with van der Waals surface area (Å²) in [7, 11) is 0. The molecule has 0 heterocycles. The van der Waals surface area contributed by atoms with Crippen LogP contribution in [-0.2, 0) is 0 Å². The van der Waals surface area contributed by atoms with Crippen LogP contribution in [0.4, 0.5) is 0 Å². The van der Waals surface area contributed by atoms with Crippen molar-refractivity contribution in [1.29, 1.82) is 0 Å². The lowest BCUT2D eigenvalue weighted by Crippen LogP contribution is -1.81. The molecule has 3 aromatic carbocycles. The van der Waals surface area contributed by atoms with Crippen LogP contribution in [0.1, 0.15) is 38.8 Å². The Labute approximate surface area is 123 Å². The Hall–Kier alpha value is -1.82. The van der Waals surface area contributed by atoms with Gasteiger partial charge in [-0.05, 0) is 41.0 Å². The van der Waals surface area contributed by atoms with E-state index in [1.165, 1.54) is 32.7 Å². The minimum Gasteiger partial charge on any atom is -0.0683 e. The van der Waals surface area contributed by atoms with E-state index >= 15 is 0 Å². The maximum Gasteiger partial charge on any atom is -0.0103 e. The van der Waals surface area contributed by atoms with Gasteiger partial charge >= 0.3 is 0 Å². The Morgan fingerprint density at radius 3 is 1.95 bits per heavy atom. The number of aryl methyl sites for hydroxylation is 2. The van der Waals surface area contributed by atoms with Crippen LogP contribution in [0, 0.1) is 13.8 Å². The standard InChI is InChI=1S/C16H14.2C2H6/c1-11-6-7-13-8-9-14-12(2)4-3-5-15(14)16(13)10-11;2*1-2/h3-10H,1-2H3;2*1-2H3. The van der Waals surface area contributed by atoms with Crippen molar-refractivity contribution in [3.05, 3.63) is 59.7 Å². The summed E-state index contributed by atoms with van der Waals surface area (Å²) >= 11 is 0. The molecule has 0 aliphatic heterocycles. The highest BCUT2D eigenvalue weighted by Gasteiger charge is 2.01. The second-order valence-electron chi connectivity index (χ2n) is 4.46. The van der Waals surface area contributed by atoms with Crippen molar-refractivity contribution in [2.24, 2.45) is 0 Å². The summed E-state index contributed by atoms with van der Waals surface area (Å²) in [6, 6.07) is 17.6. The fourth-order valence-corrected chi connectivity index (χ4v) is 2.36. The summed E-state index contributed by atoms with van der Waals surface area (Å²) in [5, 5.41) is 5.41. The van der Waals surface area contributed by atoms with Gasteiger partial charge in [0.25, 0.3) is 0 Å². The van der Waals surface area contributed by atoms with Crippen molar-refractivity contribution >= 4 is 21.5 Å². The largest absolute Gasteiger partial charge is 0.0683 e. The molecule has 3 rings (SSSR count). The third-order valence-electron chi connectivity index (χ3n) is 3.25. The summed E-state index contributed by atoms with van der Waals surface area (Å²) in [6.45, 7) is 12.3. The van der Waals surface area contributed by atoms with Crippen molar-refractivity contribution in [2.45, 2.75) is 41.5 Å². The minimum absolute atomic E-state index is 1.32. The maximum absolute atomic E-state index is 2.27. The van der Waals surface area contributed by atoms with Crippen LogP contribution in [0.3, 0.4) is 0 Å². The van der Waals surface area contributed by atoms with E-state index in [-0.39, 0.29) is 0 Å². The Morgan fingerprint density at radius 1 is 0.600 bits per heavy atom. The first kappa shape index (κ1) is 16.2. The first-order valence-electron chi connectivity index (χ1n) is 7.64. The highest BCUT2D eigenvalue weighted by atomic mass is 14.1. The van der Waals surface area contributed by atoms with Gasteiger partial charge in [0.15, 0.2) is 0 Å². The predicted molar refractivity (Wildman–Crippen MR) is 93.6 cm³/mol. The molecule has 0 amide bonds. The van der Waals surface area contributed by atoms with Gasteiger partial charge in [0.2, 0.25) is 0 Å². The lowest BCUT2D eigenvalue weighted by atomic mass is 9.98. The number of benzene rings is 3. The molecule has 0 atom stereocenters. The molecular formula is C20H26. The quantitative estimate of drug-likeness (QED) is 0.399. The van der Waals surface area contributed by atoms with E-state index in [4.69, 9.17) is 0 Å². The predicted octanol–water partition coefficient (Wildman–Crippen LogP) is 6.66. The summed E-state index contributed by atoms with van der Waals surface area (Å²) in [5.41, 5.74) is 2.67. The Bertz CT molecular complexity index is 678. The van der Waals surface area contributed by atoms with Gasteiger partial charge in [0.05, 0.1) is 0 Å². The number of hydrogen-bond acceptors (Lipinski definition) is 0. The number of rotatable bonds is 0. The monoisotopic (exact) mass is 266 g/mol. The Morgan fingerprint density at radius 2 is 1.25 bits per heavy atom. The zero-order valence-corrected chi connectivity index (χ0v) is 13.6. The molecular weight excluding hydrogens is 240 g/mol. The van der Waals surface area contributed by atoms with E-state index in [0.29, 0.717) is 0 Å². The van der Waals surface area contributed by atoms with E-state index in [1.54, 1.807) is 0 Å². The van der Waals surface area contributed by atoms with Crippen molar-refractivity contribution < 1.29 is 0 Å². The molecule has 3 aromatic rings. The molecule has 0 spiro atoms. The molecule has 0 nitrogen and oxygen atoms in total. The normalized spacial score (nSPS) is 9.50. The molecule has 0 N–H and O–H groups in total. The molecule has 0 heteroatoms. The first-order valence-corrected chi connectivity index (χ1v) is 7.64. The van der Waals surface area contributed by atoms with Gasteiger partial charge < -0.3 is 0 Å². The molecule has 0 aromatic heterocycles. The van der Waals surface area contributed by atoms with Gasteiger partial charge in [0, 0.05) is 0 Å². The second-order valence-corrected chi connectivity index (χ2v) is 4.46. The Kier molecular flexibility index (Phi) is 6.24. The lowest BCUT2D eigenvalue weighted by molar-refractivity contribution is 1.50. The number of fused-ring (bicyclic) bond motifs is 3. The molecule has 0 bridgehead atoms. The highest BCUT2D eigenvalue weighted by Crippen LogP contribution is 2.27. The van der Waals surface area contributed by atoms with Gasteiger partial charge in [0.1, 0.15) is 0 Å². The van der Waals surface area contributed by atoms with Gasteiger partial charge in [-0.25, -0.2) is 0 Å². The van der Waals surface area contributed by atoms with Crippen LogP contribution in [-0.4, -0.2) is 0 Å². The van der Waals surface area contributed by atoms with E-state index in [2.05, 4.69) is 62.4 Å². The summed E-state index contributed by atoms with van der Waals surface area (Å²) in [5.74, 6) is 0. The molecule has 0 fully saturated rings. The molecule has 0 radical (unpaired) electrons. The van der Waals surface area contributed by atoms with Crippen molar-refractivity contribution in [3.8, 4) is 0 Å². The zero-order chi connectivity index (χ0) is 15.1. The third-order valence-corrected chi connectivity index (χ3v) is 3.25. The van der Waals surface area contributed by atoms with E-state index in [0.717, 1.165) is 0 Å². The van der Waals surface area contributed by atoms with Crippen molar-refractivity contribution in [2.75, 3.05) is 0 Å². The first-order chi connectivity index (χ1) is 9.75. The fourth-order valence-electron chi connectivity index (χ4n) is 2.36. The van der Waals surface area contributed by atoms with Crippen LogP contribution >= 0.6 is 0 Å². The summed E-state index contributed by atoms with van der Waals surface area (Å²) in [6.07, 6.45) is 0. The Balaban J connectivity index is 0.000000461. The lowest BCUT2D eigenvalue weighted by Gasteiger charge is -2.06. The summed E-state index contributed by atoms with van der Waals surface area (Å²) in [4.78, 5) is 0. The zero-order valence-electron chi connectivity index (χ0n) is 13.6. The fraction of sp³-hybridized carbons (Fsp3) is 0.300. The molecule has 106 valence electrons. The van der Waals surface area contributed by atoms with Crippen molar-refractivity contribution in [1.82, 2.24) is 0 Å². The van der Waals surface area contributed by atoms with Gasteiger partial charge in [-0.3, -0.25) is 0 Å². The average Bonchev–Trinajstić information content (AvgIpc) is 2.51. The van der Waals surface area contributed by atoms with Crippen LogP contribution in [0.15, 0.2) is 48.5 Å². The van der Waals surface area contributed by atoms with Crippen LogP contribution in [0.25, 0.3) is 21.5 Å². The van der Waals surface area contributed by atoms with Crippen molar-refractivity contribution in [3.63, 3.8) is 0 Å².